The van der Waals surface area contributed by atoms with E-state index in [0.29, 0.717) is 6.10 Å². The zero-order chi connectivity index (χ0) is 15.8. The summed E-state index contributed by atoms with van der Waals surface area (Å²) in [5.41, 5.74) is 1.09. The number of likely N-dealkylation sites (tertiary alicyclic amines) is 1. The van der Waals surface area contributed by atoms with Gasteiger partial charge in [0.1, 0.15) is 5.75 Å². The van der Waals surface area contributed by atoms with Crippen LogP contribution in [-0.2, 0) is 10.3 Å². The van der Waals surface area contributed by atoms with E-state index in [1.54, 1.807) is 19.2 Å². The third kappa shape index (κ3) is 3.22. The molecule has 3 nitrogen and oxygen atoms in total. The SMILES string of the molecule is COC1CCN(C2(c3ccc(OC(F)(F)F)cc3)CC2)CC1. The number of methoxy groups -OCH3 is 1. The lowest BCUT2D eigenvalue weighted by Gasteiger charge is -2.38. The van der Waals surface area contributed by atoms with Gasteiger partial charge in [0.05, 0.1) is 6.10 Å². The summed E-state index contributed by atoms with van der Waals surface area (Å²) in [6.45, 7) is 1.94. The molecule has 1 saturated carbocycles. The highest BCUT2D eigenvalue weighted by Gasteiger charge is 2.50. The van der Waals surface area contributed by atoms with E-state index in [1.807, 2.05) is 0 Å². The summed E-state index contributed by atoms with van der Waals surface area (Å²) in [6.07, 6.45) is -0.176. The molecular weight excluding hydrogens is 295 g/mol. The number of benzene rings is 1. The number of nitrogens with zero attached hydrogens (tertiary/aromatic N) is 1. The van der Waals surface area contributed by atoms with E-state index in [9.17, 15) is 13.2 Å². The molecule has 2 fully saturated rings. The number of piperidine rings is 1. The van der Waals surface area contributed by atoms with Crippen molar-refractivity contribution in [1.29, 1.82) is 0 Å². The van der Waals surface area contributed by atoms with Crippen molar-refractivity contribution >= 4 is 0 Å². The van der Waals surface area contributed by atoms with Gasteiger partial charge in [-0.3, -0.25) is 4.90 Å². The molecule has 1 aromatic carbocycles. The van der Waals surface area contributed by atoms with Gasteiger partial charge in [-0.15, -0.1) is 13.2 Å². The van der Waals surface area contributed by atoms with Crippen molar-refractivity contribution in [2.24, 2.45) is 0 Å². The quantitative estimate of drug-likeness (QED) is 0.846. The summed E-state index contributed by atoms with van der Waals surface area (Å²) < 4.78 is 45.9. The second-order valence-electron chi connectivity index (χ2n) is 6.03. The Kier molecular flexibility index (Phi) is 4.07. The van der Waals surface area contributed by atoms with E-state index in [1.165, 1.54) is 12.1 Å². The molecule has 0 unspecified atom stereocenters. The van der Waals surface area contributed by atoms with Crippen molar-refractivity contribution in [2.75, 3.05) is 20.2 Å². The van der Waals surface area contributed by atoms with Gasteiger partial charge < -0.3 is 9.47 Å². The maximum Gasteiger partial charge on any atom is 0.573 e. The van der Waals surface area contributed by atoms with Gasteiger partial charge in [-0.2, -0.15) is 0 Å². The van der Waals surface area contributed by atoms with Crippen molar-refractivity contribution in [1.82, 2.24) is 4.90 Å². The minimum absolute atomic E-state index is 0.00940. The minimum Gasteiger partial charge on any atom is -0.406 e. The number of hydrogen-bond donors (Lipinski definition) is 0. The molecule has 0 N–H and O–H groups in total. The van der Waals surface area contributed by atoms with Crippen LogP contribution in [0.4, 0.5) is 13.2 Å². The second kappa shape index (κ2) is 5.74. The highest BCUT2D eigenvalue weighted by atomic mass is 19.4. The molecule has 0 radical (unpaired) electrons. The molecule has 1 aliphatic carbocycles. The number of hydrogen-bond acceptors (Lipinski definition) is 3. The van der Waals surface area contributed by atoms with Crippen LogP contribution < -0.4 is 4.74 Å². The van der Waals surface area contributed by atoms with Crippen molar-refractivity contribution in [3.8, 4) is 5.75 Å². The molecule has 3 rings (SSSR count). The lowest BCUT2D eigenvalue weighted by atomic mass is 9.98. The Labute approximate surface area is 128 Å². The molecule has 6 heteroatoms. The predicted molar refractivity (Wildman–Crippen MR) is 75.6 cm³/mol. The summed E-state index contributed by atoms with van der Waals surface area (Å²) in [6, 6.07) is 6.34. The van der Waals surface area contributed by atoms with E-state index in [-0.39, 0.29) is 11.3 Å². The Morgan fingerprint density at radius 3 is 2.14 bits per heavy atom. The van der Waals surface area contributed by atoms with Crippen LogP contribution >= 0.6 is 0 Å². The molecule has 2 aliphatic rings. The molecule has 0 atom stereocenters. The largest absolute Gasteiger partial charge is 0.573 e. The highest BCUT2D eigenvalue weighted by Crippen LogP contribution is 2.52. The Bertz CT molecular complexity index is 503. The molecule has 0 spiro atoms. The monoisotopic (exact) mass is 315 g/mol. The number of halogens is 3. The van der Waals surface area contributed by atoms with Crippen molar-refractivity contribution in [2.45, 2.75) is 43.7 Å². The third-order valence-corrected chi connectivity index (χ3v) is 4.73. The smallest absolute Gasteiger partial charge is 0.406 e. The molecule has 0 amide bonds. The average molecular weight is 315 g/mol. The van der Waals surface area contributed by atoms with E-state index < -0.39 is 6.36 Å². The Morgan fingerprint density at radius 1 is 1.09 bits per heavy atom. The fourth-order valence-electron chi connectivity index (χ4n) is 3.39. The van der Waals surface area contributed by atoms with Gasteiger partial charge >= 0.3 is 6.36 Å². The van der Waals surface area contributed by atoms with Crippen LogP contribution in [0.1, 0.15) is 31.2 Å². The van der Waals surface area contributed by atoms with E-state index in [0.717, 1.165) is 44.3 Å². The van der Waals surface area contributed by atoms with Crippen molar-refractivity contribution in [3.05, 3.63) is 29.8 Å². The summed E-state index contributed by atoms with van der Waals surface area (Å²) in [5.74, 6) is -0.162. The van der Waals surface area contributed by atoms with Gasteiger partial charge in [-0.25, -0.2) is 0 Å². The zero-order valence-corrected chi connectivity index (χ0v) is 12.5. The summed E-state index contributed by atoms with van der Waals surface area (Å²) >= 11 is 0. The molecule has 0 bridgehead atoms. The summed E-state index contributed by atoms with van der Waals surface area (Å²) in [5, 5.41) is 0. The van der Waals surface area contributed by atoms with Gasteiger partial charge in [0.15, 0.2) is 0 Å². The van der Waals surface area contributed by atoms with E-state index in [4.69, 9.17) is 4.74 Å². The van der Waals surface area contributed by atoms with Gasteiger partial charge in [0.25, 0.3) is 0 Å². The van der Waals surface area contributed by atoms with Crippen LogP contribution in [0.2, 0.25) is 0 Å². The number of alkyl halides is 3. The molecule has 22 heavy (non-hydrogen) atoms. The van der Waals surface area contributed by atoms with Crippen LogP contribution in [0, 0.1) is 0 Å². The molecule has 1 aliphatic heterocycles. The molecule has 1 aromatic rings. The second-order valence-corrected chi connectivity index (χ2v) is 6.03. The number of rotatable bonds is 4. The minimum atomic E-state index is -4.64. The lowest BCUT2D eigenvalue weighted by Crippen LogP contribution is -2.43. The van der Waals surface area contributed by atoms with Crippen LogP contribution in [0.3, 0.4) is 0 Å². The van der Waals surface area contributed by atoms with Gasteiger partial charge in [-0.1, -0.05) is 12.1 Å². The number of ether oxygens (including phenoxy) is 2. The summed E-state index contributed by atoms with van der Waals surface area (Å²) in [4.78, 5) is 2.45. The molecular formula is C16H20F3NO2. The van der Waals surface area contributed by atoms with Gasteiger partial charge in [-0.05, 0) is 43.4 Å². The Morgan fingerprint density at radius 2 is 1.68 bits per heavy atom. The highest BCUT2D eigenvalue weighted by molar-refractivity contribution is 5.35. The van der Waals surface area contributed by atoms with Crippen LogP contribution in [-0.4, -0.2) is 37.6 Å². The van der Waals surface area contributed by atoms with Gasteiger partial charge in [0, 0.05) is 25.7 Å². The molecule has 1 heterocycles. The maximum atomic E-state index is 12.2. The first kappa shape index (κ1) is 15.6. The first-order valence-electron chi connectivity index (χ1n) is 7.57. The fourth-order valence-corrected chi connectivity index (χ4v) is 3.39. The zero-order valence-electron chi connectivity index (χ0n) is 12.5. The molecule has 1 saturated heterocycles. The Balaban J connectivity index is 1.68. The normalized spacial score (nSPS) is 22.5. The van der Waals surface area contributed by atoms with Crippen molar-refractivity contribution < 1.29 is 22.6 Å². The topological polar surface area (TPSA) is 21.7 Å². The maximum absolute atomic E-state index is 12.2. The van der Waals surface area contributed by atoms with E-state index >= 15 is 0 Å². The van der Waals surface area contributed by atoms with E-state index in [2.05, 4.69) is 9.64 Å². The summed E-state index contributed by atoms with van der Waals surface area (Å²) in [7, 11) is 1.74. The molecule has 0 aromatic heterocycles. The predicted octanol–water partition coefficient (Wildman–Crippen LogP) is 3.69. The molecule has 122 valence electrons. The average Bonchev–Trinajstić information content (AvgIpc) is 3.28. The first-order chi connectivity index (χ1) is 10.4. The van der Waals surface area contributed by atoms with Gasteiger partial charge in [0.2, 0.25) is 0 Å². The standard InChI is InChI=1S/C16H20F3NO2/c1-21-13-6-10-20(11-7-13)15(8-9-15)12-2-4-14(5-3-12)22-16(17,18)19/h2-5,13H,6-11H2,1H3. The van der Waals surface area contributed by atoms with Crippen LogP contribution in [0.25, 0.3) is 0 Å². The third-order valence-electron chi connectivity index (χ3n) is 4.73. The van der Waals surface area contributed by atoms with Crippen LogP contribution in [0.5, 0.6) is 5.75 Å². The first-order valence-corrected chi connectivity index (χ1v) is 7.57. The van der Waals surface area contributed by atoms with Crippen molar-refractivity contribution in [3.63, 3.8) is 0 Å². The van der Waals surface area contributed by atoms with Crippen LogP contribution in [0.15, 0.2) is 24.3 Å². The lowest BCUT2D eigenvalue weighted by molar-refractivity contribution is -0.274. The fraction of sp³-hybridized carbons (Fsp3) is 0.625. The Hall–Kier alpha value is -1.27.